The van der Waals surface area contributed by atoms with E-state index in [0.717, 1.165) is 0 Å². The van der Waals surface area contributed by atoms with Crippen molar-refractivity contribution in [3.05, 3.63) is 21.0 Å². The fourth-order valence-electron chi connectivity index (χ4n) is 0.977. The third kappa shape index (κ3) is 3.65. The smallest absolute Gasteiger partial charge is 0.476 e. The van der Waals surface area contributed by atoms with Crippen LogP contribution in [0.2, 0.25) is 0 Å². The van der Waals surface area contributed by atoms with Crippen LogP contribution >= 0.6 is 22.6 Å². The van der Waals surface area contributed by atoms with Crippen molar-refractivity contribution in [2.75, 3.05) is 0 Å². The summed E-state index contributed by atoms with van der Waals surface area (Å²) in [4.78, 5) is 13.7. The second-order valence-electron chi connectivity index (χ2n) is 2.86. The van der Waals surface area contributed by atoms with Crippen molar-refractivity contribution in [3.63, 3.8) is 0 Å². The summed E-state index contributed by atoms with van der Waals surface area (Å²) in [6.45, 7) is 0. The Kier molecular flexibility index (Phi) is 4.29. The molecule has 0 radical (unpaired) electrons. The topological polar surface area (TPSA) is 59.4 Å². The lowest BCUT2D eigenvalue weighted by atomic mass is 10.3. The molecule has 0 bridgehead atoms. The van der Waals surface area contributed by atoms with Crippen LogP contribution in [0.1, 0.15) is 22.6 Å². The normalized spacial score (nSPS) is 11.7. The average Bonchev–Trinajstić information content (AvgIpc) is 2.18. The summed E-state index contributed by atoms with van der Waals surface area (Å²) in [5.74, 6) is -2.75. The maximum absolute atomic E-state index is 12.4. The van der Waals surface area contributed by atoms with Crippen LogP contribution < -0.4 is 4.74 Å². The van der Waals surface area contributed by atoms with E-state index in [-0.39, 0.29) is 0 Å². The molecule has 1 rings (SSSR count). The number of carbonyl (C=O) groups is 1. The highest BCUT2D eigenvalue weighted by Crippen LogP contribution is 2.32. The second-order valence-corrected chi connectivity index (χ2v) is 3.94. The van der Waals surface area contributed by atoms with Crippen LogP contribution in [0.3, 0.4) is 0 Å². The molecule has 0 amide bonds. The van der Waals surface area contributed by atoms with Gasteiger partial charge in [0.15, 0.2) is 5.69 Å². The van der Waals surface area contributed by atoms with Crippen LogP contribution in [0, 0.1) is 3.57 Å². The molecule has 0 saturated heterocycles. The Hall–Kier alpha value is -1.20. The third-order valence-corrected chi connectivity index (χ3v) is 2.64. The zero-order valence-corrected chi connectivity index (χ0v) is 10.3. The molecule has 0 saturated carbocycles. The van der Waals surface area contributed by atoms with Gasteiger partial charge in [-0.05, 0) is 22.6 Å². The zero-order chi connectivity index (χ0) is 14.1. The SMILES string of the molecule is O=C(O)c1nc(C(F)F)cc(OC(F)(F)F)c1I. The number of nitrogens with zero attached hydrogens (tertiary/aromatic N) is 1. The monoisotopic (exact) mass is 383 g/mol. The number of aromatic nitrogens is 1. The third-order valence-electron chi connectivity index (χ3n) is 1.60. The first-order valence-corrected chi connectivity index (χ1v) is 5.17. The van der Waals surface area contributed by atoms with Crippen molar-refractivity contribution in [1.82, 2.24) is 4.98 Å². The van der Waals surface area contributed by atoms with Gasteiger partial charge in [-0.2, -0.15) is 0 Å². The van der Waals surface area contributed by atoms with Gasteiger partial charge in [-0.25, -0.2) is 18.6 Å². The van der Waals surface area contributed by atoms with E-state index in [1.165, 1.54) is 22.6 Å². The standard InChI is InChI=1S/C8H3F5INO3/c9-6(10)2-1-3(18-8(11,12)13)4(14)5(15-2)7(16)17/h1,6H,(H,16,17). The van der Waals surface area contributed by atoms with E-state index in [1.807, 2.05) is 0 Å². The van der Waals surface area contributed by atoms with Crippen LogP contribution in [0.25, 0.3) is 0 Å². The number of carboxylic acids is 1. The van der Waals surface area contributed by atoms with E-state index in [0.29, 0.717) is 6.07 Å². The van der Waals surface area contributed by atoms with Crippen LogP contribution in [0.15, 0.2) is 6.07 Å². The number of pyridine rings is 1. The summed E-state index contributed by atoms with van der Waals surface area (Å²) in [5, 5.41) is 8.65. The van der Waals surface area contributed by atoms with Crippen molar-refractivity contribution in [1.29, 1.82) is 0 Å². The largest absolute Gasteiger partial charge is 0.573 e. The van der Waals surface area contributed by atoms with Crippen molar-refractivity contribution in [3.8, 4) is 5.75 Å². The van der Waals surface area contributed by atoms with E-state index in [1.54, 1.807) is 0 Å². The predicted molar refractivity (Wildman–Crippen MR) is 55.6 cm³/mol. The fraction of sp³-hybridized carbons (Fsp3) is 0.250. The van der Waals surface area contributed by atoms with Crippen molar-refractivity contribution >= 4 is 28.6 Å². The van der Waals surface area contributed by atoms with Crippen LogP contribution in [0.4, 0.5) is 22.0 Å². The minimum Gasteiger partial charge on any atom is -0.476 e. The van der Waals surface area contributed by atoms with Crippen LogP contribution in [0.5, 0.6) is 5.75 Å². The Morgan fingerprint density at radius 3 is 2.39 bits per heavy atom. The molecule has 0 fully saturated rings. The Bertz CT molecular complexity index is 477. The molecule has 0 aromatic carbocycles. The number of hydrogen-bond donors (Lipinski definition) is 1. The Morgan fingerprint density at radius 2 is 2.00 bits per heavy atom. The van der Waals surface area contributed by atoms with Gasteiger partial charge in [-0.1, -0.05) is 0 Å². The lowest BCUT2D eigenvalue weighted by molar-refractivity contribution is -0.275. The minimum absolute atomic E-state index is 0.354. The summed E-state index contributed by atoms with van der Waals surface area (Å²) in [6, 6.07) is 0.354. The first-order valence-electron chi connectivity index (χ1n) is 4.09. The van der Waals surface area contributed by atoms with Gasteiger partial charge in [0.05, 0.1) is 3.57 Å². The highest BCUT2D eigenvalue weighted by atomic mass is 127. The fourth-order valence-corrected chi connectivity index (χ4v) is 1.59. The summed E-state index contributed by atoms with van der Waals surface area (Å²) in [6.07, 6.45) is -8.33. The van der Waals surface area contributed by atoms with E-state index < -0.39 is 39.5 Å². The van der Waals surface area contributed by atoms with Gasteiger partial charge in [0.25, 0.3) is 6.43 Å². The quantitative estimate of drug-likeness (QED) is 0.644. The van der Waals surface area contributed by atoms with Crippen molar-refractivity contribution in [2.24, 2.45) is 0 Å². The molecule has 100 valence electrons. The molecule has 0 spiro atoms. The molecule has 1 heterocycles. The average molecular weight is 383 g/mol. The second kappa shape index (κ2) is 5.20. The van der Waals surface area contributed by atoms with Crippen LogP contribution in [-0.2, 0) is 0 Å². The molecule has 10 heteroatoms. The first-order chi connectivity index (χ1) is 8.11. The highest BCUT2D eigenvalue weighted by Gasteiger charge is 2.34. The number of carboxylic acid groups (broad SMARTS) is 1. The lowest BCUT2D eigenvalue weighted by Crippen LogP contribution is -2.19. The van der Waals surface area contributed by atoms with E-state index in [4.69, 9.17) is 5.11 Å². The Balaban J connectivity index is 3.36. The lowest BCUT2D eigenvalue weighted by Gasteiger charge is -2.13. The summed E-state index contributed by atoms with van der Waals surface area (Å²) in [5.41, 5.74) is -2.03. The summed E-state index contributed by atoms with van der Waals surface area (Å²) >= 11 is 1.22. The molecule has 0 atom stereocenters. The maximum atomic E-state index is 12.4. The van der Waals surface area contributed by atoms with Gasteiger partial charge in [0.2, 0.25) is 0 Å². The number of hydrogen-bond acceptors (Lipinski definition) is 3. The van der Waals surface area contributed by atoms with Gasteiger partial charge in [0.1, 0.15) is 11.4 Å². The molecular weight excluding hydrogens is 380 g/mol. The van der Waals surface area contributed by atoms with Gasteiger partial charge >= 0.3 is 12.3 Å². The van der Waals surface area contributed by atoms with Gasteiger partial charge in [-0.15, -0.1) is 13.2 Å². The van der Waals surface area contributed by atoms with Gasteiger partial charge < -0.3 is 9.84 Å². The molecule has 0 aliphatic heterocycles. The van der Waals surface area contributed by atoms with E-state index in [9.17, 15) is 26.7 Å². The molecule has 0 unspecified atom stereocenters. The number of rotatable bonds is 3. The number of alkyl halides is 5. The van der Waals surface area contributed by atoms with Gasteiger partial charge in [0, 0.05) is 6.07 Å². The molecule has 4 nitrogen and oxygen atoms in total. The highest BCUT2D eigenvalue weighted by molar-refractivity contribution is 14.1. The van der Waals surface area contributed by atoms with Crippen LogP contribution in [-0.4, -0.2) is 22.4 Å². The summed E-state index contributed by atoms with van der Waals surface area (Å²) < 4.78 is 63.7. The van der Waals surface area contributed by atoms with Crippen molar-refractivity contribution in [2.45, 2.75) is 12.8 Å². The molecule has 1 aromatic rings. The Labute approximate surface area is 110 Å². The van der Waals surface area contributed by atoms with Crippen molar-refractivity contribution < 1.29 is 36.6 Å². The molecule has 18 heavy (non-hydrogen) atoms. The molecular formula is C8H3F5INO3. The minimum atomic E-state index is -5.11. The number of ether oxygens (including phenoxy) is 1. The van der Waals surface area contributed by atoms with Gasteiger partial charge in [-0.3, -0.25) is 0 Å². The number of halogens is 6. The van der Waals surface area contributed by atoms with E-state index in [2.05, 4.69) is 9.72 Å². The first kappa shape index (κ1) is 14.9. The van der Waals surface area contributed by atoms with E-state index >= 15 is 0 Å². The molecule has 0 aliphatic carbocycles. The maximum Gasteiger partial charge on any atom is 0.573 e. The predicted octanol–water partition coefficient (Wildman–Crippen LogP) is 3.22. The molecule has 1 N–H and O–H groups in total. The summed E-state index contributed by atoms with van der Waals surface area (Å²) in [7, 11) is 0. The Morgan fingerprint density at radius 1 is 1.44 bits per heavy atom. The molecule has 0 aliphatic rings. The number of aromatic carboxylic acids is 1. The molecule has 1 aromatic heterocycles. The zero-order valence-electron chi connectivity index (χ0n) is 8.13.